The van der Waals surface area contributed by atoms with Crippen molar-refractivity contribution in [1.29, 1.82) is 0 Å². The molecular weight excluding hydrogens is 336 g/mol. The molecule has 2 rings (SSSR count). The summed E-state index contributed by atoms with van der Waals surface area (Å²) in [7, 11) is 0. The summed E-state index contributed by atoms with van der Waals surface area (Å²) in [5.41, 5.74) is 16.6. The predicted octanol–water partition coefficient (Wildman–Crippen LogP) is 2.44. The zero-order valence-corrected chi connectivity index (χ0v) is 16.9. The maximum atomic E-state index is 6.34. The first-order valence-corrected chi connectivity index (χ1v) is 10.00. The number of pyridine rings is 1. The number of nitrogens with zero attached hydrogens (tertiary/aromatic N) is 3. The molecule has 1 unspecified atom stereocenters. The van der Waals surface area contributed by atoms with Gasteiger partial charge in [-0.3, -0.25) is 9.88 Å². The Morgan fingerprint density at radius 2 is 2.15 bits per heavy atom. The molecule has 1 atom stereocenters. The Balaban J connectivity index is 2.11. The highest BCUT2D eigenvalue weighted by Gasteiger charge is 2.27. The molecule has 0 spiro atoms. The fraction of sp³-hybridized carbons (Fsp3) is 0.571. The monoisotopic (exact) mass is 372 g/mol. The lowest BCUT2D eigenvalue weighted by Crippen LogP contribution is -2.37. The summed E-state index contributed by atoms with van der Waals surface area (Å²) >= 11 is 0. The van der Waals surface area contributed by atoms with Crippen LogP contribution in [0.2, 0.25) is 0 Å². The average molecular weight is 373 g/mol. The summed E-state index contributed by atoms with van der Waals surface area (Å²) in [6.45, 7) is 7.15. The summed E-state index contributed by atoms with van der Waals surface area (Å²) in [5, 5.41) is 1.65. The summed E-state index contributed by atoms with van der Waals surface area (Å²) in [5.74, 6) is 6.06. The summed E-state index contributed by atoms with van der Waals surface area (Å²) < 4.78 is 0. The van der Waals surface area contributed by atoms with Gasteiger partial charge in [0, 0.05) is 24.6 Å². The van der Waals surface area contributed by atoms with Gasteiger partial charge in [-0.1, -0.05) is 17.7 Å². The van der Waals surface area contributed by atoms with Gasteiger partial charge < -0.3 is 16.5 Å². The molecule has 0 amide bonds. The number of hydrazine groups is 1. The number of allylic oxidation sites excluding steroid dienone is 1. The molecule has 0 fully saturated rings. The zero-order chi connectivity index (χ0) is 19.6. The van der Waals surface area contributed by atoms with Crippen molar-refractivity contribution in [3.05, 3.63) is 53.1 Å². The number of hydrogen-bond donors (Lipinski definition) is 3. The van der Waals surface area contributed by atoms with Crippen molar-refractivity contribution in [1.82, 2.24) is 14.9 Å². The van der Waals surface area contributed by atoms with Crippen LogP contribution >= 0.6 is 0 Å². The quantitative estimate of drug-likeness (QED) is 0.253. The topological polar surface area (TPSA) is 97.4 Å². The van der Waals surface area contributed by atoms with Crippen molar-refractivity contribution in [3.8, 4) is 0 Å². The van der Waals surface area contributed by atoms with E-state index in [1.807, 2.05) is 18.5 Å². The number of aryl methyl sites for hydroxylation is 1. The lowest BCUT2D eigenvalue weighted by Gasteiger charge is -2.35. The van der Waals surface area contributed by atoms with Crippen molar-refractivity contribution in [3.63, 3.8) is 0 Å². The third-order valence-electron chi connectivity index (χ3n) is 4.93. The first-order valence-electron chi connectivity index (χ1n) is 10.00. The maximum Gasteiger partial charge on any atom is 0.0607 e. The molecule has 0 saturated carbocycles. The molecule has 1 aromatic rings. The summed E-state index contributed by atoms with van der Waals surface area (Å²) in [4.78, 5) is 7.14. The van der Waals surface area contributed by atoms with Gasteiger partial charge in [0.25, 0.3) is 0 Å². The van der Waals surface area contributed by atoms with Crippen molar-refractivity contribution in [2.45, 2.75) is 52.0 Å². The van der Waals surface area contributed by atoms with Crippen molar-refractivity contribution >= 4 is 0 Å². The van der Waals surface area contributed by atoms with E-state index in [1.165, 1.54) is 23.3 Å². The minimum atomic E-state index is 0.309. The van der Waals surface area contributed by atoms with Gasteiger partial charge in [0.15, 0.2) is 0 Å². The second-order valence-corrected chi connectivity index (χ2v) is 7.60. The molecule has 0 bridgehead atoms. The number of unbranched alkanes of at least 4 members (excludes halogenated alkanes) is 1. The molecular formula is C21H36N6. The minimum Gasteiger partial charge on any atom is -0.400 e. The normalized spacial score (nSPS) is 16.9. The molecule has 1 aliphatic carbocycles. The van der Waals surface area contributed by atoms with Crippen LogP contribution < -0.4 is 17.3 Å². The van der Waals surface area contributed by atoms with E-state index in [2.05, 4.69) is 30.9 Å². The Hall–Kier alpha value is -1.89. The van der Waals surface area contributed by atoms with Crippen LogP contribution in [0, 0.1) is 0 Å². The van der Waals surface area contributed by atoms with E-state index < -0.39 is 0 Å². The van der Waals surface area contributed by atoms with Gasteiger partial charge in [-0.25, -0.2) is 5.84 Å². The molecule has 0 radical (unpaired) electrons. The first-order chi connectivity index (χ1) is 13.0. The van der Waals surface area contributed by atoms with E-state index in [4.69, 9.17) is 22.3 Å². The standard InChI is InChI=1S/C21H36N6/c1-17(2)10-14-27(24)16-19(23)15-26(13-4-3-11-22)20-9-5-7-18-8-6-12-25-21(18)20/h6,8,10,12,16,20H,3-5,7,9,11,13-15,22-24H2,1-2H3/b19-16-. The third kappa shape index (κ3) is 6.97. The van der Waals surface area contributed by atoms with Crippen LogP contribution in [0.4, 0.5) is 0 Å². The Morgan fingerprint density at radius 1 is 1.33 bits per heavy atom. The molecule has 6 nitrogen and oxygen atoms in total. The molecule has 1 heterocycles. The fourth-order valence-corrected chi connectivity index (χ4v) is 3.57. The predicted molar refractivity (Wildman–Crippen MR) is 112 cm³/mol. The number of rotatable bonds is 10. The van der Waals surface area contributed by atoms with Gasteiger partial charge in [-0.2, -0.15) is 0 Å². The molecule has 1 aliphatic rings. The smallest absolute Gasteiger partial charge is 0.0607 e. The molecule has 6 heteroatoms. The van der Waals surface area contributed by atoms with Crippen LogP contribution in [-0.4, -0.2) is 41.1 Å². The van der Waals surface area contributed by atoms with Crippen LogP contribution in [0.1, 0.15) is 56.8 Å². The summed E-state index contributed by atoms with van der Waals surface area (Å²) in [6, 6.07) is 4.54. The Bertz CT molecular complexity index is 635. The van der Waals surface area contributed by atoms with Gasteiger partial charge in [-0.15, -0.1) is 0 Å². The molecule has 27 heavy (non-hydrogen) atoms. The maximum absolute atomic E-state index is 6.34. The van der Waals surface area contributed by atoms with Crippen molar-refractivity contribution in [2.75, 3.05) is 26.2 Å². The van der Waals surface area contributed by atoms with Crippen LogP contribution in [0.3, 0.4) is 0 Å². The van der Waals surface area contributed by atoms with E-state index in [0.29, 0.717) is 19.1 Å². The van der Waals surface area contributed by atoms with E-state index in [0.717, 1.165) is 44.5 Å². The lowest BCUT2D eigenvalue weighted by atomic mass is 9.90. The van der Waals surface area contributed by atoms with E-state index in [-0.39, 0.29) is 0 Å². The second-order valence-electron chi connectivity index (χ2n) is 7.60. The molecule has 0 aromatic carbocycles. The lowest BCUT2D eigenvalue weighted by molar-refractivity contribution is 0.184. The fourth-order valence-electron chi connectivity index (χ4n) is 3.57. The molecule has 6 N–H and O–H groups in total. The van der Waals surface area contributed by atoms with E-state index in [1.54, 1.807) is 5.01 Å². The highest BCUT2D eigenvalue weighted by Crippen LogP contribution is 2.33. The molecule has 0 saturated heterocycles. The Kier molecular flexibility index (Phi) is 8.78. The second kappa shape index (κ2) is 11.1. The molecule has 0 aliphatic heterocycles. The van der Waals surface area contributed by atoms with E-state index >= 15 is 0 Å². The average Bonchev–Trinajstić information content (AvgIpc) is 2.65. The van der Waals surface area contributed by atoms with Crippen molar-refractivity contribution < 1.29 is 0 Å². The minimum absolute atomic E-state index is 0.309. The van der Waals surface area contributed by atoms with Gasteiger partial charge in [-0.05, 0) is 70.7 Å². The van der Waals surface area contributed by atoms with Gasteiger partial charge in [0.05, 0.1) is 18.3 Å². The zero-order valence-electron chi connectivity index (χ0n) is 16.9. The van der Waals surface area contributed by atoms with Crippen LogP contribution in [0.5, 0.6) is 0 Å². The Labute approximate surface area is 164 Å². The van der Waals surface area contributed by atoms with Crippen LogP contribution in [0.15, 0.2) is 41.9 Å². The van der Waals surface area contributed by atoms with Crippen LogP contribution in [-0.2, 0) is 6.42 Å². The molecule has 150 valence electrons. The first kappa shape index (κ1) is 21.4. The number of fused-ring (bicyclic) bond motifs is 1. The van der Waals surface area contributed by atoms with E-state index in [9.17, 15) is 0 Å². The van der Waals surface area contributed by atoms with Gasteiger partial charge in [0.2, 0.25) is 0 Å². The number of hydrogen-bond acceptors (Lipinski definition) is 6. The third-order valence-corrected chi connectivity index (χ3v) is 4.93. The van der Waals surface area contributed by atoms with Crippen LogP contribution in [0.25, 0.3) is 0 Å². The van der Waals surface area contributed by atoms with Gasteiger partial charge in [0.1, 0.15) is 0 Å². The Morgan fingerprint density at radius 3 is 2.89 bits per heavy atom. The number of aromatic nitrogens is 1. The SMILES string of the molecule is CC(C)=CCN(N)/C=C(\N)CN(CCCCN)C1CCCc2cccnc21. The highest BCUT2D eigenvalue weighted by molar-refractivity contribution is 5.26. The largest absolute Gasteiger partial charge is 0.400 e. The number of nitrogens with two attached hydrogens (primary N) is 3. The van der Waals surface area contributed by atoms with Gasteiger partial charge >= 0.3 is 0 Å². The van der Waals surface area contributed by atoms with Crippen molar-refractivity contribution in [2.24, 2.45) is 17.3 Å². The molecule has 1 aromatic heterocycles. The summed E-state index contributed by atoms with van der Waals surface area (Å²) in [6.07, 6.45) is 11.3. The highest BCUT2D eigenvalue weighted by atomic mass is 15.4.